The number of anilines is 2. The van der Waals surface area contributed by atoms with Crippen LogP contribution in [0.5, 0.6) is 5.75 Å². The Morgan fingerprint density at radius 3 is 2.75 bits per heavy atom. The highest BCUT2D eigenvalue weighted by Crippen LogP contribution is 2.42. The van der Waals surface area contributed by atoms with E-state index in [9.17, 15) is 0 Å². The largest absolute Gasteiger partial charge is 0.482 e. The van der Waals surface area contributed by atoms with Crippen molar-refractivity contribution in [3.8, 4) is 5.75 Å². The topological polar surface area (TPSA) is 33.3 Å². The number of hydrogen-bond acceptors (Lipinski definition) is 4. The zero-order valence-electron chi connectivity index (χ0n) is 15.2. The molecule has 28 heavy (non-hydrogen) atoms. The summed E-state index contributed by atoms with van der Waals surface area (Å²) in [5.74, 6) is 0.921. The summed E-state index contributed by atoms with van der Waals surface area (Å²) in [7, 11) is 0. The minimum Gasteiger partial charge on any atom is -0.482 e. The molecule has 0 saturated carbocycles. The molecule has 2 aliphatic heterocycles. The van der Waals surface area contributed by atoms with Gasteiger partial charge < -0.3 is 15.4 Å². The summed E-state index contributed by atoms with van der Waals surface area (Å²) >= 11 is 1.94. The Morgan fingerprint density at radius 1 is 0.857 bits per heavy atom. The summed E-state index contributed by atoms with van der Waals surface area (Å²) in [6.45, 7) is 0. The number of rotatable bonds is 1. The van der Waals surface area contributed by atoms with Crippen LogP contribution in [-0.4, -0.2) is 23.4 Å². The van der Waals surface area contributed by atoms with E-state index in [-0.39, 0.29) is 12.1 Å². The summed E-state index contributed by atoms with van der Waals surface area (Å²) < 4.78 is 6.15. The van der Waals surface area contributed by atoms with E-state index < -0.39 is 0 Å². The highest BCUT2D eigenvalue weighted by Gasteiger charge is 2.30. The average molecular weight is 385 g/mol. The summed E-state index contributed by atoms with van der Waals surface area (Å²) in [6.07, 6.45) is 15.4. The van der Waals surface area contributed by atoms with Crippen LogP contribution in [-0.2, 0) is 0 Å². The SMILES string of the molecule is C1=CC2Nc3cc(C4=CC5Nc6ccccc6OC5C=C4)ccc3SC2C=C1. The van der Waals surface area contributed by atoms with Gasteiger partial charge in [0.15, 0.2) is 0 Å². The van der Waals surface area contributed by atoms with Gasteiger partial charge in [0.2, 0.25) is 0 Å². The van der Waals surface area contributed by atoms with E-state index >= 15 is 0 Å². The van der Waals surface area contributed by atoms with E-state index in [1.807, 2.05) is 30.0 Å². The number of nitrogens with one attached hydrogen (secondary N) is 2. The van der Waals surface area contributed by atoms with Gasteiger partial charge in [-0.15, -0.1) is 11.8 Å². The van der Waals surface area contributed by atoms with Crippen molar-refractivity contribution in [3.05, 3.63) is 90.6 Å². The Balaban J connectivity index is 1.30. The second-order valence-corrected chi connectivity index (χ2v) is 8.68. The van der Waals surface area contributed by atoms with Gasteiger partial charge >= 0.3 is 0 Å². The normalized spacial score (nSPS) is 28.5. The number of benzene rings is 2. The third kappa shape index (κ3) is 2.68. The van der Waals surface area contributed by atoms with Crippen LogP contribution in [0.3, 0.4) is 0 Å². The molecule has 4 heteroatoms. The van der Waals surface area contributed by atoms with Crippen molar-refractivity contribution in [1.82, 2.24) is 0 Å². The second kappa shape index (κ2) is 6.35. The van der Waals surface area contributed by atoms with Gasteiger partial charge in [-0.3, -0.25) is 0 Å². The lowest BCUT2D eigenvalue weighted by atomic mass is 9.93. The van der Waals surface area contributed by atoms with Crippen molar-refractivity contribution in [3.63, 3.8) is 0 Å². The first kappa shape index (κ1) is 16.1. The molecule has 2 aliphatic carbocycles. The number of para-hydroxylation sites is 2. The molecule has 4 atom stereocenters. The quantitative estimate of drug-likeness (QED) is 0.702. The van der Waals surface area contributed by atoms with Crippen LogP contribution in [0.1, 0.15) is 5.56 Å². The number of allylic oxidation sites excluding steroid dienone is 4. The Kier molecular flexibility index (Phi) is 3.66. The molecule has 2 heterocycles. The lowest BCUT2D eigenvalue weighted by molar-refractivity contribution is 0.229. The Morgan fingerprint density at radius 2 is 1.75 bits per heavy atom. The zero-order valence-corrected chi connectivity index (χ0v) is 16.0. The van der Waals surface area contributed by atoms with Crippen molar-refractivity contribution in [2.24, 2.45) is 0 Å². The molecule has 0 bridgehead atoms. The molecule has 4 aliphatic rings. The van der Waals surface area contributed by atoms with Gasteiger partial charge in [0.1, 0.15) is 11.9 Å². The van der Waals surface area contributed by atoms with Gasteiger partial charge in [-0.25, -0.2) is 0 Å². The standard InChI is InChI=1S/C24H20N2OS/c1-3-7-21-17(5-1)25-19-13-15(9-11-22(19)27-21)16-10-12-24-20(14-16)26-18-6-2-4-8-23(18)28-24/h1-14,18-19,22-23,25-26H. The monoisotopic (exact) mass is 384 g/mol. The van der Waals surface area contributed by atoms with Crippen molar-refractivity contribution < 1.29 is 4.74 Å². The second-order valence-electron chi connectivity index (χ2n) is 7.46. The zero-order chi connectivity index (χ0) is 18.5. The third-order valence-electron chi connectivity index (χ3n) is 5.63. The Labute approximate surface area is 168 Å². The summed E-state index contributed by atoms with van der Waals surface area (Å²) in [4.78, 5) is 1.32. The molecule has 3 nitrogen and oxygen atoms in total. The van der Waals surface area contributed by atoms with Gasteiger partial charge in [0, 0.05) is 10.6 Å². The summed E-state index contributed by atoms with van der Waals surface area (Å²) in [5, 5.41) is 7.78. The molecule has 2 aromatic carbocycles. The lowest BCUT2D eigenvalue weighted by Gasteiger charge is -2.34. The van der Waals surface area contributed by atoms with E-state index in [4.69, 9.17) is 4.74 Å². The van der Waals surface area contributed by atoms with Crippen LogP contribution >= 0.6 is 11.8 Å². The lowest BCUT2D eigenvalue weighted by Crippen LogP contribution is -2.40. The first-order valence-electron chi connectivity index (χ1n) is 9.68. The molecular formula is C24H20N2OS. The molecule has 0 radical (unpaired) electrons. The maximum atomic E-state index is 6.15. The van der Waals surface area contributed by atoms with Crippen molar-refractivity contribution in [2.75, 3.05) is 10.6 Å². The molecule has 0 amide bonds. The highest BCUT2D eigenvalue weighted by molar-refractivity contribution is 8.00. The molecule has 0 aromatic heterocycles. The molecule has 138 valence electrons. The van der Waals surface area contributed by atoms with Crippen molar-refractivity contribution in [2.45, 2.75) is 28.3 Å². The van der Waals surface area contributed by atoms with Gasteiger partial charge in [-0.2, -0.15) is 0 Å². The Bertz CT molecular complexity index is 1070. The Hall–Kier alpha value is -2.85. The van der Waals surface area contributed by atoms with Crippen LogP contribution < -0.4 is 15.4 Å². The fourth-order valence-corrected chi connectivity index (χ4v) is 5.35. The molecule has 0 fully saturated rings. The van der Waals surface area contributed by atoms with E-state index in [1.54, 1.807) is 0 Å². The molecule has 2 N–H and O–H groups in total. The van der Waals surface area contributed by atoms with E-state index in [2.05, 4.69) is 77.4 Å². The molecule has 6 rings (SSSR count). The third-order valence-corrected chi connectivity index (χ3v) is 6.97. The highest BCUT2D eigenvalue weighted by atomic mass is 32.2. The number of fused-ring (bicyclic) bond motifs is 4. The average Bonchev–Trinajstić information content (AvgIpc) is 2.75. The fourth-order valence-electron chi connectivity index (χ4n) is 4.19. The predicted molar refractivity (Wildman–Crippen MR) is 117 cm³/mol. The van der Waals surface area contributed by atoms with Gasteiger partial charge in [-0.05, 0) is 41.5 Å². The summed E-state index contributed by atoms with van der Waals surface area (Å²) in [6, 6.07) is 15.4. The maximum absolute atomic E-state index is 6.15. The summed E-state index contributed by atoms with van der Waals surface area (Å²) in [5.41, 5.74) is 4.74. The van der Waals surface area contributed by atoms with Crippen LogP contribution in [0.4, 0.5) is 11.4 Å². The van der Waals surface area contributed by atoms with Gasteiger partial charge in [-0.1, -0.05) is 54.7 Å². The first-order valence-corrected chi connectivity index (χ1v) is 10.6. The predicted octanol–water partition coefficient (Wildman–Crippen LogP) is 5.26. The maximum Gasteiger partial charge on any atom is 0.143 e. The fraction of sp³-hybridized carbons (Fsp3) is 0.167. The smallest absolute Gasteiger partial charge is 0.143 e. The molecule has 2 aromatic rings. The van der Waals surface area contributed by atoms with E-state index in [0.717, 1.165) is 11.4 Å². The molecule has 0 saturated heterocycles. The van der Waals surface area contributed by atoms with E-state index in [0.29, 0.717) is 11.3 Å². The first-order chi connectivity index (χ1) is 13.8. The number of hydrogen-bond donors (Lipinski definition) is 2. The van der Waals surface area contributed by atoms with Crippen LogP contribution in [0.25, 0.3) is 5.57 Å². The number of thioether (sulfide) groups is 1. The van der Waals surface area contributed by atoms with Crippen molar-refractivity contribution >= 4 is 28.7 Å². The van der Waals surface area contributed by atoms with Crippen LogP contribution in [0, 0.1) is 0 Å². The minimum atomic E-state index is 0.0323. The molecule has 0 spiro atoms. The van der Waals surface area contributed by atoms with Gasteiger partial charge in [0.05, 0.1) is 23.0 Å². The molecular weight excluding hydrogens is 364 g/mol. The van der Waals surface area contributed by atoms with E-state index in [1.165, 1.54) is 21.7 Å². The van der Waals surface area contributed by atoms with Crippen LogP contribution in [0.15, 0.2) is 89.9 Å². The van der Waals surface area contributed by atoms with Crippen LogP contribution in [0.2, 0.25) is 0 Å². The molecule has 4 unspecified atom stereocenters. The minimum absolute atomic E-state index is 0.0323. The van der Waals surface area contributed by atoms with Crippen molar-refractivity contribution in [1.29, 1.82) is 0 Å². The number of ether oxygens (including phenoxy) is 1. The van der Waals surface area contributed by atoms with Gasteiger partial charge in [0.25, 0.3) is 0 Å².